The lowest BCUT2D eigenvalue weighted by molar-refractivity contribution is -0.384. The molecule has 0 N–H and O–H groups in total. The van der Waals surface area contributed by atoms with Crippen LogP contribution in [0.4, 0.5) is 21.5 Å². The van der Waals surface area contributed by atoms with Gasteiger partial charge in [0.05, 0.1) is 9.82 Å². The van der Waals surface area contributed by atoms with E-state index in [-0.39, 0.29) is 28.6 Å². The Morgan fingerprint density at radius 2 is 1.51 bits per heavy atom. The zero-order valence-electron chi connectivity index (χ0n) is 19.0. The van der Waals surface area contributed by atoms with Crippen molar-refractivity contribution < 1.29 is 17.7 Å². The number of sulfonamides is 1. The van der Waals surface area contributed by atoms with Crippen LogP contribution in [0.5, 0.6) is 0 Å². The predicted molar refractivity (Wildman–Crippen MR) is 132 cm³/mol. The first kappa shape index (κ1) is 23.3. The molecule has 3 aromatic rings. The minimum atomic E-state index is -3.71. The lowest BCUT2D eigenvalue weighted by Gasteiger charge is -2.36. The Bertz CT molecular complexity index is 1360. The molecule has 1 fully saturated rings. The quantitative estimate of drug-likeness (QED) is 0.394. The van der Waals surface area contributed by atoms with Crippen LogP contribution in [0.25, 0.3) is 0 Å². The van der Waals surface area contributed by atoms with Gasteiger partial charge in [0, 0.05) is 51.0 Å². The number of nitro benzene ring substituents is 1. The summed E-state index contributed by atoms with van der Waals surface area (Å²) in [5.74, 6) is -0.486. The van der Waals surface area contributed by atoms with E-state index in [2.05, 4.69) is 12.1 Å². The Balaban J connectivity index is 1.35. The number of anilines is 2. The number of rotatable bonds is 5. The first-order chi connectivity index (χ1) is 16.8. The highest BCUT2D eigenvalue weighted by molar-refractivity contribution is 7.89. The van der Waals surface area contributed by atoms with Crippen molar-refractivity contribution >= 4 is 27.1 Å². The minimum absolute atomic E-state index is 0.0608. The van der Waals surface area contributed by atoms with Gasteiger partial charge in [0.1, 0.15) is 11.5 Å². The average molecular weight is 497 g/mol. The minimum Gasteiger partial charge on any atom is -0.369 e. The van der Waals surface area contributed by atoms with Crippen molar-refractivity contribution in [2.45, 2.75) is 17.9 Å². The van der Waals surface area contributed by atoms with E-state index in [9.17, 15) is 22.9 Å². The van der Waals surface area contributed by atoms with Crippen LogP contribution >= 0.6 is 0 Å². The normalized spacial score (nSPS) is 16.7. The van der Waals surface area contributed by atoms with Gasteiger partial charge in [-0.05, 0) is 53.9 Å². The van der Waals surface area contributed by atoms with Crippen molar-refractivity contribution in [1.82, 2.24) is 4.31 Å². The van der Waals surface area contributed by atoms with Gasteiger partial charge in [0.15, 0.2) is 0 Å². The van der Waals surface area contributed by atoms with Crippen molar-refractivity contribution in [3.05, 3.63) is 93.8 Å². The number of piperazine rings is 1. The fourth-order valence-electron chi connectivity index (χ4n) is 4.76. The van der Waals surface area contributed by atoms with Gasteiger partial charge in [-0.3, -0.25) is 10.1 Å². The second kappa shape index (κ2) is 9.27. The summed E-state index contributed by atoms with van der Waals surface area (Å²) in [5, 5.41) is 11.8. The molecule has 2 aliphatic rings. The van der Waals surface area contributed by atoms with Crippen LogP contribution in [0, 0.1) is 15.9 Å². The van der Waals surface area contributed by atoms with Crippen molar-refractivity contribution in [2.24, 2.45) is 0 Å². The molecule has 0 radical (unpaired) electrons. The van der Waals surface area contributed by atoms with Gasteiger partial charge >= 0.3 is 0 Å². The van der Waals surface area contributed by atoms with Crippen LogP contribution in [0.2, 0.25) is 0 Å². The van der Waals surface area contributed by atoms with E-state index in [1.165, 1.54) is 28.1 Å². The molecule has 2 aliphatic heterocycles. The van der Waals surface area contributed by atoms with E-state index in [0.29, 0.717) is 31.9 Å². The van der Waals surface area contributed by atoms with E-state index in [1.54, 1.807) is 6.07 Å². The second-order valence-electron chi connectivity index (χ2n) is 8.72. The third-order valence-corrected chi connectivity index (χ3v) is 8.60. The van der Waals surface area contributed by atoms with Gasteiger partial charge in [-0.2, -0.15) is 4.31 Å². The number of nitro groups is 1. The molecule has 0 atom stereocenters. The Morgan fingerprint density at radius 3 is 2.20 bits per heavy atom. The van der Waals surface area contributed by atoms with Gasteiger partial charge in [-0.25, -0.2) is 12.8 Å². The third kappa shape index (κ3) is 4.59. The third-order valence-electron chi connectivity index (χ3n) is 6.68. The summed E-state index contributed by atoms with van der Waals surface area (Å²) < 4.78 is 40.5. The summed E-state index contributed by atoms with van der Waals surface area (Å²) in [7, 11) is -3.71. The molecule has 0 aromatic heterocycles. The lowest BCUT2D eigenvalue weighted by atomic mass is 9.99. The topological polar surface area (TPSA) is 87.0 Å². The SMILES string of the molecule is O=[N+]([O-])c1ccc(N2CCN(S(=O)(=O)c3ccc(F)cc3)CC2)cc1N1CCc2ccccc2C1. The molecule has 182 valence electrons. The average Bonchev–Trinajstić information content (AvgIpc) is 2.88. The molecular formula is C25H25FN4O4S. The number of hydrogen-bond acceptors (Lipinski definition) is 6. The highest BCUT2D eigenvalue weighted by atomic mass is 32.2. The zero-order valence-corrected chi connectivity index (χ0v) is 19.8. The molecule has 0 saturated carbocycles. The summed E-state index contributed by atoms with van der Waals surface area (Å²) in [4.78, 5) is 15.6. The van der Waals surface area contributed by atoms with E-state index in [1.807, 2.05) is 28.0 Å². The molecule has 2 heterocycles. The highest BCUT2D eigenvalue weighted by Crippen LogP contribution is 2.36. The molecule has 0 amide bonds. The monoisotopic (exact) mass is 496 g/mol. The second-order valence-corrected chi connectivity index (χ2v) is 10.7. The molecular weight excluding hydrogens is 471 g/mol. The summed E-state index contributed by atoms with van der Waals surface area (Å²) in [6.45, 7) is 2.71. The first-order valence-electron chi connectivity index (χ1n) is 11.4. The molecule has 35 heavy (non-hydrogen) atoms. The number of fused-ring (bicyclic) bond motifs is 1. The molecule has 10 heteroatoms. The van der Waals surface area contributed by atoms with Crippen LogP contribution in [0.3, 0.4) is 0 Å². The summed E-state index contributed by atoms with van der Waals surface area (Å²) in [6.07, 6.45) is 0.817. The van der Waals surface area contributed by atoms with Crippen molar-refractivity contribution in [2.75, 3.05) is 42.5 Å². The van der Waals surface area contributed by atoms with Crippen LogP contribution in [0.1, 0.15) is 11.1 Å². The van der Waals surface area contributed by atoms with Crippen molar-refractivity contribution in [3.63, 3.8) is 0 Å². The predicted octanol–water partition coefficient (Wildman–Crippen LogP) is 3.81. The largest absolute Gasteiger partial charge is 0.369 e. The molecule has 1 saturated heterocycles. The molecule has 5 rings (SSSR count). The fourth-order valence-corrected chi connectivity index (χ4v) is 6.18. The standard InChI is InChI=1S/C25H25FN4O4S/c26-21-5-8-23(9-6-21)35(33,34)29-15-13-27(14-16-29)22-7-10-24(30(31)32)25(17-22)28-12-11-19-3-1-2-4-20(19)18-28/h1-10,17H,11-16,18H2. The van der Waals surface area contributed by atoms with Crippen LogP contribution < -0.4 is 9.80 Å². The van der Waals surface area contributed by atoms with Crippen LogP contribution in [-0.4, -0.2) is 50.4 Å². The van der Waals surface area contributed by atoms with Crippen molar-refractivity contribution in [1.29, 1.82) is 0 Å². The van der Waals surface area contributed by atoms with E-state index < -0.39 is 15.8 Å². The van der Waals surface area contributed by atoms with Crippen molar-refractivity contribution in [3.8, 4) is 0 Å². The fraction of sp³-hybridized carbons (Fsp3) is 0.280. The number of halogens is 1. The maximum Gasteiger partial charge on any atom is 0.292 e. The Labute approximate surface area is 203 Å². The molecule has 0 unspecified atom stereocenters. The van der Waals surface area contributed by atoms with Gasteiger partial charge < -0.3 is 9.80 Å². The van der Waals surface area contributed by atoms with Crippen LogP contribution in [0.15, 0.2) is 71.6 Å². The van der Waals surface area contributed by atoms with Gasteiger partial charge in [0.2, 0.25) is 10.0 Å². The van der Waals surface area contributed by atoms with E-state index >= 15 is 0 Å². The lowest BCUT2D eigenvalue weighted by Crippen LogP contribution is -2.48. The summed E-state index contributed by atoms with van der Waals surface area (Å²) in [5.41, 5.74) is 3.89. The highest BCUT2D eigenvalue weighted by Gasteiger charge is 2.30. The molecule has 0 aliphatic carbocycles. The van der Waals surface area contributed by atoms with E-state index in [4.69, 9.17) is 0 Å². The smallest absolute Gasteiger partial charge is 0.292 e. The van der Waals surface area contributed by atoms with Gasteiger partial charge in [-0.1, -0.05) is 24.3 Å². The maximum absolute atomic E-state index is 13.2. The zero-order chi connectivity index (χ0) is 24.6. The summed E-state index contributed by atoms with van der Waals surface area (Å²) in [6, 6.07) is 18.1. The van der Waals surface area contributed by atoms with E-state index in [0.717, 1.165) is 29.8 Å². The molecule has 8 nitrogen and oxygen atoms in total. The Hall–Kier alpha value is -3.50. The summed E-state index contributed by atoms with van der Waals surface area (Å²) >= 11 is 0. The molecule has 3 aromatic carbocycles. The van der Waals surface area contributed by atoms with Crippen LogP contribution in [-0.2, 0) is 23.0 Å². The Kier molecular flexibility index (Phi) is 6.16. The Morgan fingerprint density at radius 1 is 0.829 bits per heavy atom. The number of nitrogens with zero attached hydrogens (tertiary/aromatic N) is 4. The molecule has 0 spiro atoms. The van der Waals surface area contributed by atoms with Gasteiger partial charge in [-0.15, -0.1) is 0 Å². The van der Waals surface area contributed by atoms with Gasteiger partial charge in [0.25, 0.3) is 5.69 Å². The maximum atomic E-state index is 13.2. The molecule has 0 bridgehead atoms. The number of hydrogen-bond donors (Lipinski definition) is 0. The first-order valence-corrected chi connectivity index (χ1v) is 12.9. The number of benzene rings is 3.